The van der Waals surface area contributed by atoms with Crippen molar-refractivity contribution in [2.24, 2.45) is 5.92 Å². The van der Waals surface area contributed by atoms with Crippen LogP contribution in [0.15, 0.2) is 24.3 Å². The Labute approximate surface area is 135 Å². The summed E-state index contributed by atoms with van der Waals surface area (Å²) in [5.41, 5.74) is 3.05. The van der Waals surface area contributed by atoms with Gasteiger partial charge in [0.1, 0.15) is 0 Å². The highest BCUT2D eigenvalue weighted by Gasteiger charge is 2.22. The van der Waals surface area contributed by atoms with Crippen molar-refractivity contribution in [1.82, 2.24) is 10.2 Å². The molecule has 2 fully saturated rings. The van der Waals surface area contributed by atoms with Gasteiger partial charge in [0.05, 0.1) is 0 Å². The molecule has 0 radical (unpaired) electrons. The number of nitrogens with one attached hydrogen (secondary N) is 1. The molecule has 0 bridgehead atoms. The molecule has 3 nitrogen and oxygen atoms in total. The summed E-state index contributed by atoms with van der Waals surface area (Å²) in [6, 6.07) is 9.78. The monoisotopic (exact) mass is 301 g/mol. The molecular formula is C19H31N3. The average molecular weight is 301 g/mol. The third-order valence-corrected chi connectivity index (χ3v) is 5.34. The van der Waals surface area contributed by atoms with Crippen molar-refractivity contribution in [1.29, 1.82) is 0 Å². The van der Waals surface area contributed by atoms with Crippen molar-refractivity contribution in [2.45, 2.75) is 39.2 Å². The molecule has 0 saturated carbocycles. The van der Waals surface area contributed by atoms with E-state index in [2.05, 4.69) is 53.2 Å². The lowest BCUT2D eigenvalue weighted by Gasteiger charge is -2.39. The van der Waals surface area contributed by atoms with Gasteiger partial charge in [-0.15, -0.1) is 0 Å². The second-order valence-electron chi connectivity index (χ2n) is 7.14. The third kappa shape index (κ3) is 3.82. The molecule has 2 aliphatic heterocycles. The zero-order valence-electron chi connectivity index (χ0n) is 14.2. The van der Waals surface area contributed by atoms with Crippen molar-refractivity contribution in [3.05, 3.63) is 29.8 Å². The molecule has 3 rings (SSSR count). The summed E-state index contributed by atoms with van der Waals surface area (Å²) in [6.07, 6.45) is 3.91. The van der Waals surface area contributed by atoms with Gasteiger partial charge in [0.25, 0.3) is 0 Å². The Kier molecular flexibility index (Phi) is 5.37. The van der Waals surface area contributed by atoms with Crippen molar-refractivity contribution >= 4 is 5.69 Å². The molecule has 0 aromatic heterocycles. The van der Waals surface area contributed by atoms with Gasteiger partial charge in [-0.25, -0.2) is 0 Å². The van der Waals surface area contributed by atoms with E-state index < -0.39 is 0 Å². The number of piperidine rings is 1. The number of benzene rings is 1. The second kappa shape index (κ2) is 7.47. The minimum atomic E-state index is 0.673. The Morgan fingerprint density at radius 2 is 1.73 bits per heavy atom. The minimum Gasteiger partial charge on any atom is -0.369 e. The summed E-state index contributed by atoms with van der Waals surface area (Å²) < 4.78 is 0. The number of hydrogen-bond acceptors (Lipinski definition) is 3. The maximum absolute atomic E-state index is 3.48. The third-order valence-electron chi connectivity index (χ3n) is 5.34. The fourth-order valence-corrected chi connectivity index (χ4v) is 3.87. The van der Waals surface area contributed by atoms with Crippen molar-refractivity contribution in [2.75, 3.05) is 44.2 Å². The highest BCUT2D eigenvalue weighted by Crippen LogP contribution is 2.27. The Balaban J connectivity index is 1.66. The fraction of sp³-hybridized carbons (Fsp3) is 0.684. The Morgan fingerprint density at radius 3 is 2.41 bits per heavy atom. The number of nitrogens with zero attached hydrogens (tertiary/aromatic N) is 2. The van der Waals surface area contributed by atoms with E-state index in [0.29, 0.717) is 6.04 Å². The summed E-state index contributed by atoms with van der Waals surface area (Å²) >= 11 is 0. The van der Waals surface area contributed by atoms with E-state index >= 15 is 0 Å². The zero-order valence-corrected chi connectivity index (χ0v) is 14.2. The molecule has 122 valence electrons. The predicted molar refractivity (Wildman–Crippen MR) is 94.7 cm³/mol. The Hall–Kier alpha value is -1.06. The van der Waals surface area contributed by atoms with Crippen LogP contribution in [0.3, 0.4) is 0 Å². The number of rotatable bonds is 4. The quantitative estimate of drug-likeness (QED) is 0.922. The van der Waals surface area contributed by atoms with Crippen LogP contribution in [0.1, 0.15) is 32.3 Å². The Bertz CT molecular complexity index is 458. The molecule has 22 heavy (non-hydrogen) atoms. The highest BCUT2D eigenvalue weighted by atomic mass is 15.3. The van der Waals surface area contributed by atoms with Gasteiger partial charge in [0, 0.05) is 37.9 Å². The van der Waals surface area contributed by atoms with E-state index in [1.165, 1.54) is 64.2 Å². The largest absolute Gasteiger partial charge is 0.369 e. The molecule has 2 saturated heterocycles. The van der Waals surface area contributed by atoms with Crippen LogP contribution in [0.5, 0.6) is 0 Å². The first-order chi connectivity index (χ1) is 10.7. The number of para-hydroxylation sites is 1. The van der Waals surface area contributed by atoms with Gasteiger partial charge in [-0.05, 0) is 63.7 Å². The van der Waals surface area contributed by atoms with Crippen molar-refractivity contribution < 1.29 is 0 Å². The van der Waals surface area contributed by atoms with Crippen LogP contribution >= 0.6 is 0 Å². The van der Waals surface area contributed by atoms with Crippen LogP contribution in [-0.4, -0.2) is 50.2 Å². The first kappa shape index (κ1) is 15.8. The van der Waals surface area contributed by atoms with E-state index in [1.54, 1.807) is 5.56 Å². The first-order valence-electron chi connectivity index (χ1n) is 9.01. The van der Waals surface area contributed by atoms with Gasteiger partial charge in [0.15, 0.2) is 0 Å². The summed E-state index contributed by atoms with van der Waals surface area (Å²) in [4.78, 5) is 5.20. The lowest BCUT2D eigenvalue weighted by atomic mass is 9.90. The van der Waals surface area contributed by atoms with Gasteiger partial charge < -0.3 is 10.2 Å². The maximum Gasteiger partial charge on any atom is 0.0399 e. The van der Waals surface area contributed by atoms with Crippen LogP contribution in [0, 0.1) is 5.92 Å². The van der Waals surface area contributed by atoms with Gasteiger partial charge in [-0.3, -0.25) is 4.90 Å². The molecule has 0 amide bonds. The summed E-state index contributed by atoms with van der Waals surface area (Å²) in [6.45, 7) is 11.7. The molecule has 0 unspecified atom stereocenters. The maximum atomic E-state index is 3.48. The molecule has 0 atom stereocenters. The van der Waals surface area contributed by atoms with Crippen LogP contribution in [-0.2, 0) is 6.42 Å². The highest BCUT2D eigenvalue weighted by molar-refractivity contribution is 5.54. The van der Waals surface area contributed by atoms with E-state index in [0.717, 1.165) is 5.92 Å². The SMILES string of the molecule is CC(C)N1CCN(c2ccccc2CC2CCNCC2)CC1. The molecule has 0 aliphatic carbocycles. The van der Waals surface area contributed by atoms with Crippen LogP contribution in [0.4, 0.5) is 5.69 Å². The molecular weight excluding hydrogens is 270 g/mol. The van der Waals surface area contributed by atoms with Crippen LogP contribution in [0.25, 0.3) is 0 Å². The van der Waals surface area contributed by atoms with E-state index in [4.69, 9.17) is 0 Å². The first-order valence-corrected chi connectivity index (χ1v) is 9.01. The number of anilines is 1. The molecule has 2 aliphatic rings. The molecule has 0 spiro atoms. The minimum absolute atomic E-state index is 0.673. The van der Waals surface area contributed by atoms with Crippen LogP contribution < -0.4 is 10.2 Å². The van der Waals surface area contributed by atoms with Crippen molar-refractivity contribution in [3.63, 3.8) is 0 Å². The zero-order chi connectivity index (χ0) is 15.4. The lowest BCUT2D eigenvalue weighted by Crippen LogP contribution is -2.49. The average Bonchev–Trinajstić information content (AvgIpc) is 2.56. The molecule has 1 aromatic carbocycles. The molecule has 3 heteroatoms. The smallest absolute Gasteiger partial charge is 0.0399 e. The summed E-state index contributed by atoms with van der Waals surface area (Å²) in [7, 11) is 0. The Morgan fingerprint density at radius 1 is 1.05 bits per heavy atom. The summed E-state index contributed by atoms with van der Waals surface area (Å²) in [5, 5.41) is 3.48. The van der Waals surface area contributed by atoms with E-state index in [9.17, 15) is 0 Å². The molecule has 1 N–H and O–H groups in total. The number of piperazine rings is 1. The lowest BCUT2D eigenvalue weighted by molar-refractivity contribution is 0.209. The van der Waals surface area contributed by atoms with E-state index in [1.807, 2.05) is 0 Å². The fourth-order valence-electron chi connectivity index (χ4n) is 3.87. The topological polar surface area (TPSA) is 18.5 Å². The van der Waals surface area contributed by atoms with Gasteiger partial charge >= 0.3 is 0 Å². The predicted octanol–water partition coefficient (Wildman–Crippen LogP) is 2.76. The van der Waals surface area contributed by atoms with Gasteiger partial charge in [-0.1, -0.05) is 18.2 Å². The van der Waals surface area contributed by atoms with Gasteiger partial charge in [-0.2, -0.15) is 0 Å². The van der Waals surface area contributed by atoms with Crippen LogP contribution in [0.2, 0.25) is 0 Å². The normalized spacial score (nSPS) is 21.5. The van der Waals surface area contributed by atoms with Crippen molar-refractivity contribution in [3.8, 4) is 0 Å². The number of hydrogen-bond donors (Lipinski definition) is 1. The standard InChI is InChI=1S/C19H31N3/c1-16(2)21-11-13-22(14-12-21)19-6-4-3-5-18(19)15-17-7-9-20-10-8-17/h3-6,16-17,20H,7-15H2,1-2H3. The van der Waals surface area contributed by atoms with E-state index in [-0.39, 0.29) is 0 Å². The molecule has 2 heterocycles. The van der Waals surface area contributed by atoms with Gasteiger partial charge in [0.2, 0.25) is 0 Å². The second-order valence-corrected chi connectivity index (χ2v) is 7.14. The summed E-state index contributed by atoms with van der Waals surface area (Å²) in [5.74, 6) is 0.861. The molecule has 1 aromatic rings.